The first-order chi connectivity index (χ1) is 6.44. The zero-order valence-electron chi connectivity index (χ0n) is 8.92. The van der Waals surface area contributed by atoms with Crippen molar-refractivity contribution < 1.29 is 14.3 Å². The van der Waals surface area contributed by atoms with Crippen LogP contribution in [0.3, 0.4) is 0 Å². The van der Waals surface area contributed by atoms with Crippen LogP contribution in [0.1, 0.15) is 33.6 Å². The summed E-state index contributed by atoms with van der Waals surface area (Å²) in [5, 5.41) is 0. The highest BCUT2D eigenvalue weighted by Gasteiger charge is 2.81. The first-order valence-electron chi connectivity index (χ1n) is 5.31. The second kappa shape index (κ2) is 2.01. The standard InChI is InChI=1S/C11H16O3/c1-9(2)11-7(4-5-13-11)6-10(11,3)8(12)14-9/h7H,4-6H2,1-3H3/t7-,10+,11+/m1/s1. The summed E-state index contributed by atoms with van der Waals surface area (Å²) in [5.74, 6) is 0.453. The Morgan fingerprint density at radius 3 is 2.64 bits per heavy atom. The third-order valence-corrected chi connectivity index (χ3v) is 4.54. The van der Waals surface area contributed by atoms with E-state index in [1.807, 2.05) is 20.8 Å². The summed E-state index contributed by atoms with van der Waals surface area (Å²) >= 11 is 0. The minimum atomic E-state index is -0.446. The Morgan fingerprint density at radius 1 is 1.36 bits per heavy atom. The fraction of sp³-hybridized carbons (Fsp3) is 0.909. The van der Waals surface area contributed by atoms with Gasteiger partial charge in [-0.2, -0.15) is 0 Å². The van der Waals surface area contributed by atoms with Crippen molar-refractivity contribution in [1.29, 1.82) is 0 Å². The molecule has 0 amide bonds. The molecule has 2 saturated heterocycles. The Morgan fingerprint density at radius 2 is 2.07 bits per heavy atom. The van der Waals surface area contributed by atoms with Gasteiger partial charge in [-0.3, -0.25) is 4.79 Å². The van der Waals surface area contributed by atoms with Crippen LogP contribution in [0, 0.1) is 11.3 Å². The molecule has 0 radical (unpaired) electrons. The van der Waals surface area contributed by atoms with Crippen LogP contribution in [0.2, 0.25) is 0 Å². The molecule has 0 N–H and O–H groups in total. The van der Waals surface area contributed by atoms with Gasteiger partial charge in [0.15, 0.2) is 0 Å². The first kappa shape index (κ1) is 8.72. The second-order valence-electron chi connectivity index (χ2n) is 5.51. The predicted molar refractivity (Wildman–Crippen MR) is 49.7 cm³/mol. The van der Waals surface area contributed by atoms with Crippen molar-refractivity contribution in [3.8, 4) is 0 Å². The molecular weight excluding hydrogens is 180 g/mol. The second-order valence-corrected chi connectivity index (χ2v) is 5.51. The molecule has 1 spiro atoms. The fourth-order valence-electron chi connectivity index (χ4n) is 4.04. The molecule has 0 unspecified atom stereocenters. The average molecular weight is 196 g/mol. The quantitative estimate of drug-likeness (QED) is 0.551. The first-order valence-corrected chi connectivity index (χ1v) is 5.31. The summed E-state index contributed by atoms with van der Waals surface area (Å²) in [6.07, 6.45) is 2.02. The van der Waals surface area contributed by atoms with Crippen molar-refractivity contribution in [1.82, 2.24) is 0 Å². The summed E-state index contributed by atoms with van der Waals surface area (Å²) in [4.78, 5) is 11.8. The van der Waals surface area contributed by atoms with Gasteiger partial charge in [0.25, 0.3) is 0 Å². The van der Waals surface area contributed by atoms with Gasteiger partial charge in [-0.15, -0.1) is 0 Å². The highest BCUT2D eigenvalue weighted by Crippen LogP contribution is 2.69. The lowest BCUT2D eigenvalue weighted by molar-refractivity contribution is -0.209. The van der Waals surface area contributed by atoms with Crippen LogP contribution in [0.25, 0.3) is 0 Å². The summed E-state index contributed by atoms with van der Waals surface area (Å²) in [7, 11) is 0. The lowest BCUT2D eigenvalue weighted by Gasteiger charge is -2.55. The van der Waals surface area contributed by atoms with Crippen molar-refractivity contribution in [2.24, 2.45) is 11.3 Å². The number of cyclic esters (lactones) is 1. The normalized spacial score (nSPS) is 53.4. The zero-order valence-corrected chi connectivity index (χ0v) is 8.92. The highest BCUT2D eigenvalue weighted by molar-refractivity contribution is 5.84. The molecule has 0 aromatic carbocycles. The maximum atomic E-state index is 11.8. The molecule has 3 atom stereocenters. The van der Waals surface area contributed by atoms with E-state index in [9.17, 15) is 4.79 Å². The van der Waals surface area contributed by atoms with Gasteiger partial charge in [0.05, 0.1) is 5.41 Å². The van der Waals surface area contributed by atoms with E-state index in [4.69, 9.17) is 9.47 Å². The minimum absolute atomic E-state index is 0.0688. The van der Waals surface area contributed by atoms with Crippen LogP contribution in [0.5, 0.6) is 0 Å². The van der Waals surface area contributed by atoms with E-state index in [0.717, 1.165) is 19.4 Å². The molecular formula is C11H16O3. The number of carbonyl (C=O) groups excluding carboxylic acids is 1. The molecule has 2 aliphatic heterocycles. The Hall–Kier alpha value is -0.570. The Balaban J connectivity index is 2.15. The van der Waals surface area contributed by atoms with E-state index in [1.54, 1.807) is 0 Å². The van der Waals surface area contributed by atoms with Gasteiger partial charge in [-0.25, -0.2) is 0 Å². The third kappa shape index (κ3) is 0.577. The summed E-state index contributed by atoms with van der Waals surface area (Å²) in [5.41, 5.74) is -1.15. The van der Waals surface area contributed by atoms with E-state index < -0.39 is 5.60 Å². The molecule has 0 aromatic heterocycles. The van der Waals surface area contributed by atoms with Gasteiger partial charge in [-0.05, 0) is 39.5 Å². The molecule has 1 saturated carbocycles. The van der Waals surface area contributed by atoms with Crippen molar-refractivity contribution >= 4 is 5.97 Å². The van der Waals surface area contributed by atoms with Crippen LogP contribution in [0.4, 0.5) is 0 Å². The molecule has 2 heterocycles. The van der Waals surface area contributed by atoms with Crippen LogP contribution in [-0.4, -0.2) is 23.8 Å². The van der Waals surface area contributed by atoms with E-state index >= 15 is 0 Å². The third-order valence-electron chi connectivity index (χ3n) is 4.54. The Labute approximate surface area is 83.8 Å². The van der Waals surface area contributed by atoms with E-state index in [-0.39, 0.29) is 17.0 Å². The molecule has 78 valence electrons. The minimum Gasteiger partial charge on any atom is -0.456 e. The van der Waals surface area contributed by atoms with E-state index in [2.05, 4.69) is 0 Å². The number of esters is 1. The zero-order chi connectivity index (χ0) is 10.2. The van der Waals surface area contributed by atoms with Gasteiger partial charge in [0.1, 0.15) is 11.2 Å². The predicted octanol–water partition coefficient (Wildman–Crippen LogP) is 1.51. The Bertz CT molecular complexity index is 322. The lowest BCUT2D eigenvalue weighted by atomic mass is 9.48. The van der Waals surface area contributed by atoms with Gasteiger partial charge in [-0.1, -0.05) is 0 Å². The molecule has 3 aliphatic rings. The summed E-state index contributed by atoms with van der Waals surface area (Å²) in [6.45, 7) is 6.73. The largest absolute Gasteiger partial charge is 0.456 e. The van der Waals surface area contributed by atoms with Crippen molar-refractivity contribution in [2.75, 3.05) is 6.61 Å². The lowest BCUT2D eigenvalue weighted by Crippen LogP contribution is -2.67. The molecule has 3 rings (SSSR count). The fourth-order valence-corrected chi connectivity index (χ4v) is 4.04. The van der Waals surface area contributed by atoms with Crippen LogP contribution in [-0.2, 0) is 14.3 Å². The number of hydrogen-bond donors (Lipinski definition) is 0. The maximum Gasteiger partial charge on any atom is 0.315 e. The number of rotatable bonds is 0. The van der Waals surface area contributed by atoms with Crippen molar-refractivity contribution in [3.05, 3.63) is 0 Å². The van der Waals surface area contributed by atoms with Crippen molar-refractivity contribution in [2.45, 2.75) is 44.8 Å². The van der Waals surface area contributed by atoms with Crippen LogP contribution >= 0.6 is 0 Å². The number of carbonyl (C=O) groups is 1. The van der Waals surface area contributed by atoms with Crippen molar-refractivity contribution in [3.63, 3.8) is 0 Å². The molecule has 3 nitrogen and oxygen atoms in total. The smallest absolute Gasteiger partial charge is 0.315 e. The van der Waals surface area contributed by atoms with Crippen LogP contribution in [0.15, 0.2) is 0 Å². The van der Waals surface area contributed by atoms with Gasteiger partial charge < -0.3 is 9.47 Å². The van der Waals surface area contributed by atoms with E-state index in [0.29, 0.717) is 5.92 Å². The van der Waals surface area contributed by atoms with E-state index in [1.165, 1.54) is 0 Å². The molecule has 1 aliphatic carbocycles. The van der Waals surface area contributed by atoms with Crippen LogP contribution < -0.4 is 0 Å². The van der Waals surface area contributed by atoms with Gasteiger partial charge in [0, 0.05) is 6.61 Å². The summed E-state index contributed by atoms with van der Waals surface area (Å²) < 4.78 is 11.4. The molecule has 14 heavy (non-hydrogen) atoms. The molecule has 0 bridgehead atoms. The van der Waals surface area contributed by atoms with Gasteiger partial charge >= 0.3 is 5.97 Å². The average Bonchev–Trinajstić information content (AvgIpc) is 2.45. The summed E-state index contributed by atoms with van der Waals surface area (Å²) in [6, 6.07) is 0. The molecule has 3 heteroatoms. The maximum absolute atomic E-state index is 11.8. The Kier molecular flexibility index (Phi) is 1.25. The topological polar surface area (TPSA) is 35.5 Å². The monoisotopic (exact) mass is 196 g/mol. The number of ether oxygens (including phenoxy) is 2. The highest BCUT2D eigenvalue weighted by atomic mass is 16.6. The SMILES string of the molecule is CC1(C)OC(=O)[C@]2(C)C[C@H]3CCO[C@@]312. The van der Waals surface area contributed by atoms with Gasteiger partial charge in [0.2, 0.25) is 0 Å². The molecule has 0 aromatic rings. The number of hydrogen-bond acceptors (Lipinski definition) is 3. The molecule has 3 fully saturated rings.